The fourth-order valence-electron chi connectivity index (χ4n) is 2.16. The van der Waals surface area contributed by atoms with Crippen LogP contribution in [0.25, 0.3) is 0 Å². The molecule has 5 nitrogen and oxygen atoms in total. The Hall–Kier alpha value is -1.47. The van der Waals surface area contributed by atoms with E-state index < -0.39 is 0 Å². The smallest absolute Gasteiger partial charge is 0.153 e. The summed E-state index contributed by atoms with van der Waals surface area (Å²) >= 11 is 3.38. The Kier molecular flexibility index (Phi) is 5.30. The summed E-state index contributed by atoms with van der Waals surface area (Å²) in [4.78, 5) is 0. The third-order valence-corrected chi connectivity index (χ3v) is 3.78. The average molecular weight is 357 g/mol. The molecule has 0 aliphatic carbocycles. The fraction of sp³-hybridized carbons (Fsp3) is 0.429. The van der Waals surface area contributed by atoms with Crippen LogP contribution in [0.5, 0.6) is 5.75 Å². The van der Waals surface area contributed by atoms with E-state index in [0.29, 0.717) is 15.9 Å². The normalized spacial score (nSPS) is 12.4. The van der Waals surface area contributed by atoms with Gasteiger partial charge in [0.15, 0.2) is 4.60 Å². The highest BCUT2D eigenvalue weighted by molar-refractivity contribution is 9.10. The first-order valence-corrected chi connectivity index (χ1v) is 7.49. The van der Waals surface area contributed by atoms with Gasteiger partial charge < -0.3 is 10.1 Å². The molecule has 1 aromatic carbocycles. The van der Waals surface area contributed by atoms with Crippen molar-refractivity contribution in [2.75, 3.05) is 13.7 Å². The van der Waals surface area contributed by atoms with Crippen LogP contribution < -0.4 is 10.1 Å². The van der Waals surface area contributed by atoms with Crippen LogP contribution in [0.3, 0.4) is 0 Å². The molecule has 0 radical (unpaired) electrons. The first-order chi connectivity index (χ1) is 10.1. The summed E-state index contributed by atoms with van der Waals surface area (Å²) in [5.41, 5.74) is 1.32. The summed E-state index contributed by atoms with van der Waals surface area (Å²) in [6.45, 7) is 2.82. The Bertz CT molecular complexity index is 598. The van der Waals surface area contributed by atoms with Crippen LogP contribution in [0.1, 0.15) is 30.6 Å². The van der Waals surface area contributed by atoms with Gasteiger partial charge in [0.1, 0.15) is 11.6 Å². The number of aromatic nitrogens is 3. The van der Waals surface area contributed by atoms with Crippen molar-refractivity contribution in [3.8, 4) is 5.75 Å². The number of ether oxygens (including phenoxy) is 1. The number of rotatable bonds is 6. The minimum atomic E-state index is -0.328. The van der Waals surface area contributed by atoms with Gasteiger partial charge in [-0.1, -0.05) is 18.2 Å². The zero-order chi connectivity index (χ0) is 15.4. The lowest BCUT2D eigenvalue weighted by atomic mass is 10.0. The fourth-order valence-corrected chi connectivity index (χ4v) is 2.71. The van der Waals surface area contributed by atoms with Crippen LogP contribution in [-0.4, -0.2) is 28.6 Å². The number of aryl methyl sites for hydroxylation is 1. The van der Waals surface area contributed by atoms with E-state index in [9.17, 15) is 4.39 Å². The molecule has 21 heavy (non-hydrogen) atoms. The van der Waals surface area contributed by atoms with Gasteiger partial charge in [-0.2, -0.15) is 0 Å². The number of benzene rings is 1. The molecule has 0 spiro atoms. The van der Waals surface area contributed by atoms with Crippen molar-refractivity contribution in [3.05, 3.63) is 39.9 Å². The van der Waals surface area contributed by atoms with Gasteiger partial charge in [-0.25, -0.2) is 9.07 Å². The van der Waals surface area contributed by atoms with Gasteiger partial charge in [0.2, 0.25) is 0 Å². The first-order valence-electron chi connectivity index (χ1n) is 6.70. The van der Waals surface area contributed by atoms with E-state index in [0.717, 1.165) is 18.7 Å². The Morgan fingerprint density at radius 1 is 1.48 bits per heavy atom. The molecule has 2 rings (SSSR count). The van der Waals surface area contributed by atoms with Crippen molar-refractivity contribution in [2.24, 2.45) is 7.05 Å². The lowest BCUT2D eigenvalue weighted by Crippen LogP contribution is -2.26. The highest BCUT2D eigenvalue weighted by atomic mass is 79.9. The van der Waals surface area contributed by atoms with Gasteiger partial charge in [-0.15, -0.1) is 5.10 Å². The molecular formula is C14H18BrFN4O. The maximum Gasteiger partial charge on any atom is 0.153 e. The van der Waals surface area contributed by atoms with E-state index in [2.05, 4.69) is 38.5 Å². The second-order valence-corrected chi connectivity index (χ2v) is 5.41. The first kappa shape index (κ1) is 15.9. The second kappa shape index (κ2) is 7.00. The second-order valence-electron chi connectivity index (χ2n) is 4.66. The molecule has 0 saturated carbocycles. The quantitative estimate of drug-likeness (QED) is 0.864. The van der Waals surface area contributed by atoms with Gasteiger partial charge >= 0.3 is 0 Å². The van der Waals surface area contributed by atoms with Gasteiger partial charge in [0.25, 0.3) is 0 Å². The molecule has 1 N–H and O–H groups in total. The van der Waals surface area contributed by atoms with Crippen molar-refractivity contribution in [3.63, 3.8) is 0 Å². The van der Waals surface area contributed by atoms with E-state index in [-0.39, 0.29) is 11.9 Å². The molecule has 1 aromatic heterocycles. The lowest BCUT2D eigenvalue weighted by Gasteiger charge is -2.20. The zero-order valence-corrected chi connectivity index (χ0v) is 13.8. The lowest BCUT2D eigenvalue weighted by molar-refractivity contribution is 0.409. The summed E-state index contributed by atoms with van der Waals surface area (Å²) in [5, 5.41) is 11.3. The van der Waals surface area contributed by atoms with Crippen LogP contribution in [0.2, 0.25) is 0 Å². The highest BCUT2D eigenvalue weighted by Crippen LogP contribution is 2.30. The third kappa shape index (κ3) is 3.41. The molecule has 0 saturated heterocycles. The van der Waals surface area contributed by atoms with Gasteiger partial charge in [-0.05, 0) is 35.0 Å². The number of hydrogen-bond acceptors (Lipinski definition) is 4. The monoisotopic (exact) mass is 356 g/mol. The summed E-state index contributed by atoms with van der Waals surface area (Å²) in [6, 6.07) is 4.52. The minimum Gasteiger partial charge on any atom is -0.497 e. The predicted molar refractivity (Wildman–Crippen MR) is 81.8 cm³/mol. The number of hydrogen-bond donors (Lipinski definition) is 1. The maximum absolute atomic E-state index is 14.4. The van der Waals surface area contributed by atoms with Crippen LogP contribution in [0.15, 0.2) is 22.8 Å². The number of halogens is 2. The van der Waals surface area contributed by atoms with E-state index in [1.807, 2.05) is 0 Å². The van der Waals surface area contributed by atoms with Crippen molar-refractivity contribution < 1.29 is 9.13 Å². The molecule has 2 aromatic rings. The number of nitrogens with one attached hydrogen (secondary N) is 1. The summed E-state index contributed by atoms with van der Waals surface area (Å²) in [6.07, 6.45) is 0.942. The van der Waals surface area contributed by atoms with Crippen molar-refractivity contribution in [1.82, 2.24) is 20.3 Å². The molecule has 7 heteroatoms. The molecule has 0 aliphatic heterocycles. The molecule has 1 atom stereocenters. The van der Waals surface area contributed by atoms with Crippen LogP contribution in [0.4, 0.5) is 4.39 Å². The molecule has 0 aliphatic rings. The molecule has 114 valence electrons. The van der Waals surface area contributed by atoms with Gasteiger partial charge in [0, 0.05) is 18.7 Å². The predicted octanol–water partition coefficient (Wildman–Crippen LogP) is 2.81. The van der Waals surface area contributed by atoms with Crippen molar-refractivity contribution >= 4 is 15.9 Å². The highest BCUT2D eigenvalue weighted by Gasteiger charge is 2.24. The molecule has 1 heterocycles. The Balaban J connectivity index is 2.45. The summed E-state index contributed by atoms with van der Waals surface area (Å²) in [7, 11) is 3.30. The van der Waals surface area contributed by atoms with E-state index in [1.165, 1.54) is 13.2 Å². The number of nitrogens with zero attached hydrogens (tertiary/aromatic N) is 3. The minimum absolute atomic E-state index is 0.323. The topological polar surface area (TPSA) is 52.0 Å². The van der Waals surface area contributed by atoms with Crippen molar-refractivity contribution in [2.45, 2.75) is 19.4 Å². The molecule has 0 amide bonds. The van der Waals surface area contributed by atoms with Crippen molar-refractivity contribution in [1.29, 1.82) is 0 Å². The Labute approximate surface area is 131 Å². The zero-order valence-electron chi connectivity index (χ0n) is 12.2. The SMILES string of the molecule is CCCNC(c1ccc(OC)cc1F)c1c(Br)nnn1C. The van der Waals surface area contributed by atoms with Gasteiger partial charge in [-0.3, -0.25) is 0 Å². The molecule has 0 bridgehead atoms. The van der Waals surface area contributed by atoms with Crippen LogP contribution in [0, 0.1) is 5.82 Å². The summed E-state index contributed by atoms with van der Waals surface area (Å²) in [5.74, 6) is 0.170. The summed E-state index contributed by atoms with van der Waals surface area (Å²) < 4.78 is 21.7. The van der Waals surface area contributed by atoms with E-state index >= 15 is 0 Å². The third-order valence-electron chi connectivity index (χ3n) is 3.22. The van der Waals surface area contributed by atoms with Gasteiger partial charge in [0.05, 0.1) is 18.8 Å². The van der Waals surface area contributed by atoms with Crippen LogP contribution in [-0.2, 0) is 7.05 Å². The Morgan fingerprint density at radius 2 is 2.24 bits per heavy atom. The molecule has 1 unspecified atom stereocenters. The average Bonchev–Trinajstić information content (AvgIpc) is 2.80. The molecule has 0 fully saturated rings. The Morgan fingerprint density at radius 3 is 2.76 bits per heavy atom. The number of methoxy groups -OCH3 is 1. The largest absolute Gasteiger partial charge is 0.497 e. The van der Waals surface area contributed by atoms with E-state index in [1.54, 1.807) is 23.9 Å². The van der Waals surface area contributed by atoms with E-state index in [4.69, 9.17) is 4.74 Å². The van der Waals surface area contributed by atoms with Crippen LogP contribution >= 0.6 is 15.9 Å². The standard InChI is InChI=1S/C14H18BrFN4O/c1-4-7-17-12(13-14(15)18-19-20(13)2)10-6-5-9(21-3)8-11(10)16/h5-6,8,12,17H,4,7H2,1-3H3. The maximum atomic E-state index is 14.4. The molecular weight excluding hydrogens is 339 g/mol.